The zero-order valence-corrected chi connectivity index (χ0v) is 22.3. The summed E-state index contributed by atoms with van der Waals surface area (Å²) < 4.78 is 30.7. The number of hydrogen-bond donors (Lipinski definition) is 1. The van der Waals surface area contributed by atoms with Gasteiger partial charge in [0.05, 0.1) is 30.3 Å². The van der Waals surface area contributed by atoms with Gasteiger partial charge in [0.2, 0.25) is 0 Å². The van der Waals surface area contributed by atoms with E-state index in [0.29, 0.717) is 32.5 Å². The van der Waals surface area contributed by atoms with Crippen LogP contribution in [0.5, 0.6) is 0 Å². The van der Waals surface area contributed by atoms with Crippen molar-refractivity contribution in [1.29, 1.82) is 0 Å². The smallest absolute Gasteiger partial charge is 0.335 e. The number of hydrogen-bond acceptors (Lipinski definition) is 8. The van der Waals surface area contributed by atoms with E-state index in [0.717, 1.165) is 12.8 Å². The van der Waals surface area contributed by atoms with Crippen molar-refractivity contribution in [1.82, 2.24) is 0 Å². The minimum absolute atomic E-state index is 0.0541. The van der Waals surface area contributed by atoms with E-state index in [9.17, 15) is 14.7 Å². The summed E-state index contributed by atoms with van der Waals surface area (Å²) in [6.07, 6.45) is 9.94. The Morgan fingerprint density at radius 1 is 1.05 bits per heavy atom. The van der Waals surface area contributed by atoms with Crippen LogP contribution in [0, 0.1) is 16.7 Å². The number of aliphatic hydroxyl groups is 1. The fourth-order valence-electron chi connectivity index (χ4n) is 7.07. The summed E-state index contributed by atoms with van der Waals surface area (Å²) in [5.41, 5.74) is -0.687. The van der Waals surface area contributed by atoms with Gasteiger partial charge in [0.25, 0.3) is 0 Å². The molecule has 3 fully saturated rings. The number of aliphatic hydroxyl groups excluding tert-OH is 1. The third-order valence-electron chi connectivity index (χ3n) is 9.67. The van der Waals surface area contributed by atoms with E-state index in [-0.39, 0.29) is 30.8 Å². The normalized spacial score (nSPS) is 46.7. The molecule has 0 aromatic heterocycles. The van der Waals surface area contributed by atoms with Gasteiger partial charge in [0.1, 0.15) is 18.3 Å². The molecule has 0 radical (unpaired) electrons. The highest BCUT2D eigenvalue weighted by Gasteiger charge is 2.80. The second-order valence-electron chi connectivity index (χ2n) is 11.7. The first-order valence-corrected chi connectivity index (χ1v) is 13.6. The van der Waals surface area contributed by atoms with E-state index in [1.54, 1.807) is 12.2 Å². The van der Waals surface area contributed by atoms with Crippen LogP contribution in [0.4, 0.5) is 0 Å². The van der Waals surface area contributed by atoms with Crippen molar-refractivity contribution in [2.75, 3.05) is 19.8 Å². The fourth-order valence-corrected chi connectivity index (χ4v) is 7.07. The lowest BCUT2D eigenvalue weighted by Gasteiger charge is -2.65. The molecule has 5 rings (SSSR count). The molecule has 204 valence electrons. The van der Waals surface area contributed by atoms with Crippen molar-refractivity contribution in [3.8, 4) is 0 Å². The molecule has 9 atom stereocenters. The van der Waals surface area contributed by atoms with E-state index in [1.165, 1.54) is 11.6 Å². The SMILES string of the molecule is CC1=CC2OC3CCC4OC(=O)C=CC=CC(C)OCCC(C)C(O)C(=O)OCC2(CC1)[C@]4(C)C31CO1. The van der Waals surface area contributed by atoms with Crippen LogP contribution in [0.15, 0.2) is 36.0 Å². The van der Waals surface area contributed by atoms with Crippen molar-refractivity contribution in [3.63, 3.8) is 0 Å². The maximum absolute atomic E-state index is 13.1. The molecule has 8 heteroatoms. The first-order valence-electron chi connectivity index (χ1n) is 13.6. The second-order valence-corrected chi connectivity index (χ2v) is 11.7. The lowest BCUT2D eigenvalue weighted by atomic mass is 9.45. The monoisotopic (exact) mass is 516 g/mol. The van der Waals surface area contributed by atoms with Gasteiger partial charge in [0, 0.05) is 18.1 Å². The summed E-state index contributed by atoms with van der Waals surface area (Å²) in [7, 11) is 0. The van der Waals surface area contributed by atoms with Crippen LogP contribution in [0.3, 0.4) is 0 Å². The number of cyclic esters (lactones) is 1. The molecule has 0 aromatic carbocycles. The number of ether oxygens (including phenoxy) is 5. The molecule has 2 bridgehead atoms. The summed E-state index contributed by atoms with van der Waals surface area (Å²) in [5.74, 6) is -1.39. The quantitative estimate of drug-likeness (QED) is 0.297. The molecule has 2 saturated heterocycles. The van der Waals surface area contributed by atoms with Gasteiger partial charge < -0.3 is 28.8 Å². The predicted molar refractivity (Wildman–Crippen MR) is 134 cm³/mol. The Hall–Kier alpha value is -2.00. The summed E-state index contributed by atoms with van der Waals surface area (Å²) >= 11 is 0. The van der Waals surface area contributed by atoms with E-state index in [2.05, 4.69) is 19.9 Å². The first-order chi connectivity index (χ1) is 17.6. The Balaban J connectivity index is 1.54. The Kier molecular flexibility index (Phi) is 7.15. The topological polar surface area (TPSA) is 104 Å². The van der Waals surface area contributed by atoms with Crippen LogP contribution in [0.2, 0.25) is 0 Å². The van der Waals surface area contributed by atoms with E-state index >= 15 is 0 Å². The summed E-state index contributed by atoms with van der Waals surface area (Å²) in [4.78, 5) is 26.0. The summed E-state index contributed by atoms with van der Waals surface area (Å²) in [6.45, 7) is 8.89. The molecule has 3 aliphatic heterocycles. The summed E-state index contributed by atoms with van der Waals surface area (Å²) in [5, 5.41) is 10.8. The Bertz CT molecular complexity index is 996. The molecule has 2 spiro atoms. The van der Waals surface area contributed by atoms with Gasteiger partial charge in [-0.15, -0.1) is 0 Å². The van der Waals surface area contributed by atoms with Crippen LogP contribution in [-0.2, 0) is 33.3 Å². The Labute approximate surface area is 219 Å². The highest BCUT2D eigenvalue weighted by Crippen LogP contribution is 2.70. The molecule has 5 aliphatic rings. The largest absolute Gasteiger partial charge is 0.463 e. The standard InChI is InChI=1S/C29H40O8/c1-18-11-13-28-16-34-26(32)25(31)19(2)12-14-33-20(3)7-5-6-8-24(30)37-21-9-10-22(36-23(28)15-18)29(17-35-29)27(21,28)4/h5-8,15,19-23,25,31H,9-14,16-17H2,1-4H3/t19?,20?,21?,22?,23?,25?,27-,28?,29?/m1/s1. The Morgan fingerprint density at radius 3 is 2.57 bits per heavy atom. The van der Waals surface area contributed by atoms with Crippen LogP contribution < -0.4 is 0 Å². The number of esters is 2. The zero-order chi connectivity index (χ0) is 26.4. The molecule has 3 heterocycles. The molecule has 8 unspecified atom stereocenters. The van der Waals surface area contributed by atoms with Gasteiger partial charge in [0.15, 0.2) is 6.10 Å². The molecular formula is C29H40O8. The van der Waals surface area contributed by atoms with Gasteiger partial charge in [-0.3, -0.25) is 0 Å². The molecule has 8 nitrogen and oxygen atoms in total. The third kappa shape index (κ3) is 4.40. The average Bonchev–Trinajstić information content (AvgIpc) is 3.66. The molecule has 2 aliphatic carbocycles. The summed E-state index contributed by atoms with van der Waals surface area (Å²) in [6, 6.07) is 0. The maximum atomic E-state index is 13.1. The molecule has 37 heavy (non-hydrogen) atoms. The van der Waals surface area contributed by atoms with Gasteiger partial charge in [-0.25, -0.2) is 9.59 Å². The van der Waals surface area contributed by atoms with Crippen molar-refractivity contribution in [3.05, 3.63) is 36.0 Å². The third-order valence-corrected chi connectivity index (χ3v) is 9.67. The molecule has 0 aromatic rings. The van der Waals surface area contributed by atoms with E-state index in [4.69, 9.17) is 23.7 Å². The van der Waals surface area contributed by atoms with Crippen molar-refractivity contribution in [2.45, 2.75) is 95.9 Å². The van der Waals surface area contributed by atoms with Crippen molar-refractivity contribution >= 4 is 11.9 Å². The van der Waals surface area contributed by atoms with Gasteiger partial charge in [-0.1, -0.05) is 43.7 Å². The predicted octanol–water partition coefficient (Wildman–Crippen LogP) is 3.42. The molecule has 1 N–H and O–H groups in total. The van der Waals surface area contributed by atoms with Crippen LogP contribution in [0.1, 0.15) is 59.8 Å². The minimum atomic E-state index is -1.26. The van der Waals surface area contributed by atoms with Crippen LogP contribution >= 0.6 is 0 Å². The van der Waals surface area contributed by atoms with Gasteiger partial charge in [-0.05, 0) is 51.9 Å². The van der Waals surface area contributed by atoms with Crippen LogP contribution in [-0.4, -0.2) is 73.0 Å². The van der Waals surface area contributed by atoms with Crippen molar-refractivity contribution in [2.24, 2.45) is 16.7 Å². The average molecular weight is 517 g/mol. The minimum Gasteiger partial charge on any atom is -0.463 e. The highest BCUT2D eigenvalue weighted by atomic mass is 16.6. The lowest BCUT2D eigenvalue weighted by Crippen LogP contribution is -2.74. The Morgan fingerprint density at radius 2 is 1.81 bits per heavy atom. The highest BCUT2D eigenvalue weighted by molar-refractivity contribution is 5.82. The molecular weight excluding hydrogens is 476 g/mol. The fraction of sp³-hybridized carbons (Fsp3) is 0.724. The van der Waals surface area contributed by atoms with Crippen molar-refractivity contribution < 1.29 is 38.4 Å². The van der Waals surface area contributed by atoms with E-state index < -0.39 is 40.6 Å². The number of epoxide rings is 1. The second kappa shape index (κ2) is 9.95. The number of rotatable bonds is 0. The molecule has 1 saturated carbocycles. The van der Waals surface area contributed by atoms with E-state index in [1.807, 2.05) is 19.9 Å². The number of carbonyl (C=O) groups excluding carboxylic acids is 2. The number of allylic oxidation sites excluding steroid dienone is 3. The zero-order valence-electron chi connectivity index (χ0n) is 22.3. The number of carbonyl (C=O) groups is 2. The first kappa shape index (κ1) is 26.6. The lowest BCUT2D eigenvalue weighted by molar-refractivity contribution is -0.294. The van der Waals surface area contributed by atoms with Gasteiger partial charge in [-0.2, -0.15) is 0 Å². The maximum Gasteiger partial charge on any atom is 0.335 e. The molecule has 0 amide bonds. The van der Waals surface area contributed by atoms with Gasteiger partial charge >= 0.3 is 11.9 Å². The van der Waals surface area contributed by atoms with Crippen LogP contribution in [0.25, 0.3) is 0 Å².